The van der Waals surface area contributed by atoms with Gasteiger partial charge in [-0.1, -0.05) is 6.92 Å². The second-order valence-corrected chi connectivity index (χ2v) is 4.37. The van der Waals surface area contributed by atoms with E-state index in [2.05, 4.69) is 19.2 Å². The van der Waals surface area contributed by atoms with E-state index in [1.807, 2.05) is 0 Å². The van der Waals surface area contributed by atoms with E-state index in [1.54, 1.807) is 0 Å². The second kappa shape index (κ2) is 2.03. The van der Waals surface area contributed by atoms with Gasteiger partial charge in [-0.05, 0) is 6.92 Å². The Bertz CT molecular complexity index is 217. The zero-order chi connectivity index (χ0) is 8.34. The standard InChI is InChI=1S/C9H15NO2/c1-5-3-12-9-7(6(2)10-9)4-11-8(5)9/h5-8,10H,3-4H2,1-2H3. The van der Waals surface area contributed by atoms with Gasteiger partial charge in [0.25, 0.3) is 0 Å². The summed E-state index contributed by atoms with van der Waals surface area (Å²) in [6, 6.07) is 0.570. The third kappa shape index (κ3) is 0.605. The summed E-state index contributed by atoms with van der Waals surface area (Å²) in [5, 5.41) is 3.46. The van der Waals surface area contributed by atoms with Crippen LogP contribution in [0, 0.1) is 11.8 Å². The molecule has 0 aromatic heterocycles. The van der Waals surface area contributed by atoms with Crippen LogP contribution >= 0.6 is 0 Å². The van der Waals surface area contributed by atoms with Crippen LogP contribution in [0.15, 0.2) is 0 Å². The van der Waals surface area contributed by atoms with Gasteiger partial charge in [0.15, 0.2) is 5.72 Å². The van der Waals surface area contributed by atoms with Crippen molar-refractivity contribution in [2.75, 3.05) is 13.2 Å². The highest BCUT2D eigenvalue weighted by atomic mass is 16.6. The van der Waals surface area contributed by atoms with Crippen molar-refractivity contribution in [1.82, 2.24) is 5.32 Å². The first-order valence-corrected chi connectivity index (χ1v) is 4.77. The molecule has 0 amide bonds. The largest absolute Gasteiger partial charge is 0.373 e. The predicted molar refractivity (Wildman–Crippen MR) is 43.7 cm³/mol. The van der Waals surface area contributed by atoms with Gasteiger partial charge in [0.1, 0.15) is 6.10 Å². The maximum atomic E-state index is 5.81. The lowest BCUT2D eigenvalue weighted by Gasteiger charge is -2.49. The summed E-state index contributed by atoms with van der Waals surface area (Å²) in [4.78, 5) is 0. The maximum absolute atomic E-state index is 5.81. The van der Waals surface area contributed by atoms with Crippen LogP contribution in [0.5, 0.6) is 0 Å². The molecule has 1 N–H and O–H groups in total. The van der Waals surface area contributed by atoms with E-state index in [-0.39, 0.29) is 5.72 Å². The number of nitrogens with one attached hydrogen (secondary N) is 1. The van der Waals surface area contributed by atoms with Crippen LogP contribution in [-0.2, 0) is 9.47 Å². The molecule has 12 heavy (non-hydrogen) atoms. The molecule has 3 saturated heterocycles. The van der Waals surface area contributed by atoms with E-state index in [1.165, 1.54) is 0 Å². The van der Waals surface area contributed by atoms with Crippen LogP contribution in [0.1, 0.15) is 13.8 Å². The van der Waals surface area contributed by atoms with Gasteiger partial charge in [-0.25, -0.2) is 0 Å². The number of rotatable bonds is 0. The van der Waals surface area contributed by atoms with E-state index in [0.29, 0.717) is 24.0 Å². The molecular formula is C9H15NO2. The predicted octanol–water partition coefficient (Wildman–Crippen LogP) is 0.356. The molecule has 3 heteroatoms. The lowest BCUT2D eigenvalue weighted by atomic mass is 9.78. The highest BCUT2D eigenvalue weighted by Crippen LogP contribution is 2.49. The van der Waals surface area contributed by atoms with E-state index in [4.69, 9.17) is 9.47 Å². The smallest absolute Gasteiger partial charge is 0.152 e. The Labute approximate surface area is 72.4 Å². The zero-order valence-electron chi connectivity index (χ0n) is 7.54. The summed E-state index contributed by atoms with van der Waals surface area (Å²) in [6.07, 6.45) is 0.304. The maximum Gasteiger partial charge on any atom is 0.152 e. The molecule has 3 nitrogen and oxygen atoms in total. The molecule has 0 bridgehead atoms. The second-order valence-electron chi connectivity index (χ2n) is 4.37. The van der Waals surface area contributed by atoms with Gasteiger partial charge in [-0.3, -0.25) is 5.32 Å². The quantitative estimate of drug-likeness (QED) is 0.568. The molecule has 0 saturated carbocycles. The molecule has 0 aromatic rings. The Morgan fingerprint density at radius 1 is 1.33 bits per heavy atom. The highest BCUT2D eigenvalue weighted by Gasteiger charge is 2.66. The third-order valence-electron chi connectivity index (χ3n) is 3.59. The molecule has 5 unspecified atom stereocenters. The fourth-order valence-electron chi connectivity index (χ4n) is 2.91. The first kappa shape index (κ1) is 7.30. The van der Waals surface area contributed by atoms with Gasteiger partial charge < -0.3 is 9.47 Å². The van der Waals surface area contributed by atoms with Crippen LogP contribution in [0.3, 0.4) is 0 Å². The van der Waals surface area contributed by atoms with Crippen molar-refractivity contribution >= 4 is 0 Å². The summed E-state index contributed by atoms with van der Waals surface area (Å²) < 4.78 is 11.6. The molecule has 1 spiro atoms. The third-order valence-corrected chi connectivity index (χ3v) is 3.59. The first-order chi connectivity index (χ1) is 5.74. The Kier molecular flexibility index (Phi) is 1.23. The van der Waals surface area contributed by atoms with E-state index < -0.39 is 0 Å². The van der Waals surface area contributed by atoms with Gasteiger partial charge in [0.2, 0.25) is 0 Å². The van der Waals surface area contributed by atoms with Crippen molar-refractivity contribution in [1.29, 1.82) is 0 Å². The van der Waals surface area contributed by atoms with Gasteiger partial charge >= 0.3 is 0 Å². The van der Waals surface area contributed by atoms with Crippen molar-refractivity contribution in [3.8, 4) is 0 Å². The molecule has 3 fully saturated rings. The first-order valence-electron chi connectivity index (χ1n) is 4.77. The average molecular weight is 169 g/mol. The minimum atomic E-state index is -0.0845. The van der Waals surface area contributed by atoms with Crippen molar-refractivity contribution in [2.45, 2.75) is 31.7 Å². The van der Waals surface area contributed by atoms with Gasteiger partial charge in [0, 0.05) is 17.9 Å². The zero-order valence-corrected chi connectivity index (χ0v) is 7.54. The fourth-order valence-corrected chi connectivity index (χ4v) is 2.91. The molecule has 0 aromatic carbocycles. The molecule has 3 heterocycles. The van der Waals surface area contributed by atoms with E-state index in [0.717, 1.165) is 13.2 Å². The van der Waals surface area contributed by atoms with E-state index >= 15 is 0 Å². The number of ether oxygens (including phenoxy) is 2. The van der Waals surface area contributed by atoms with Crippen molar-refractivity contribution in [2.24, 2.45) is 11.8 Å². The van der Waals surface area contributed by atoms with Gasteiger partial charge in [-0.2, -0.15) is 0 Å². The van der Waals surface area contributed by atoms with Crippen LogP contribution in [0.2, 0.25) is 0 Å². The fraction of sp³-hybridized carbons (Fsp3) is 1.00. The molecule has 68 valence electrons. The molecule has 3 aliphatic rings. The number of hydrogen-bond donors (Lipinski definition) is 1. The summed E-state index contributed by atoms with van der Waals surface area (Å²) in [5.74, 6) is 1.14. The Morgan fingerprint density at radius 2 is 2.17 bits per heavy atom. The minimum absolute atomic E-state index is 0.0845. The van der Waals surface area contributed by atoms with Crippen LogP contribution in [0.25, 0.3) is 0 Å². The summed E-state index contributed by atoms with van der Waals surface area (Å²) in [5.41, 5.74) is -0.0845. The monoisotopic (exact) mass is 169 g/mol. The van der Waals surface area contributed by atoms with Gasteiger partial charge in [-0.15, -0.1) is 0 Å². The van der Waals surface area contributed by atoms with E-state index in [9.17, 15) is 0 Å². The molecule has 0 radical (unpaired) electrons. The SMILES string of the molecule is CC1COC23NC(C)C2COC13. The molecule has 0 aliphatic carbocycles. The Balaban J connectivity index is 1.92. The molecule has 5 atom stereocenters. The number of hydrogen-bond acceptors (Lipinski definition) is 3. The van der Waals surface area contributed by atoms with Crippen molar-refractivity contribution in [3.05, 3.63) is 0 Å². The average Bonchev–Trinajstić information content (AvgIpc) is 2.48. The topological polar surface area (TPSA) is 30.5 Å². The van der Waals surface area contributed by atoms with Crippen LogP contribution < -0.4 is 5.32 Å². The molecule has 3 rings (SSSR count). The lowest BCUT2D eigenvalue weighted by molar-refractivity contribution is -0.140. The molecular weight excluding hydrogens is 154 g/mol. The Morgan fingerprint density at radius 3 is 2.92 bits per heavy atom. The van der Waals surface area contributed by atoms with Crippen LogP contribution in [0.4, 0.5) is 0 Å². The van der Waals surface area contributed by atoms with Crippen LogP contribution in [-0.4, -0.2) is 31.1 Å². The summed E-state index contributed by atoms with van der Waals surface area (Å²) in [6.45, 7) is 6.13. The van der Waals surface area contributed by atoms with Crippen molar-refractivity contribution in [3.63, 3.8) is 0 Å². The summed E-state index contributed by atoms with van der Waals surface area (Å²) >= 11 is 0. The minimum Gasteiger partial charge on any atom is -0.373 e. The van der Waals surface area contributed by atoms with Crippen molar-refractivity contribution < 1.29 is 9.47 Å². The lowest BCUT2D eigenvalue weighted by Crippen LogP contribution is -2.72. The summed E-state index contributed by atoms with van der Waals surface area (Å²) in [7, 11) is 0. The normalized spacial score (nSPS) is 62.5. The van der Waals surface area contributed by atoms with Gasteiger partial charge in [0.05, 0.1) is 13.2 Å². The highest BCUT2D eigenvalue weighted by molar-refractivity contribution is 5.14. The Hall–Kier alpha value is -0.120. The molecule has 3 aliphatic heterocycles.